The van der Waals surface area contributed by atoms with Crippen LogP contribution in [0.1, 0.15) is 10.4 Å². The second-order valence-corrected chi connectivity index (χ2v) is 4.11. The second-order valence-electron chi connectivity index (χ2n) is 4.11. The second kappa shape index (κ2) is 5.31. The predicted molar refractivity (Wildman–Crippen MR) is 73.0 cm³/mol. The highest BCUT2D eigenvalue weighted by atomic mass is 16.1. The molecular formula is C14H15N3O. The standard InChI is InChI=1S/C14H15N3O/c1-17(2)12-7-5-6-11(10-12)14(18)16-13-8-3-4-9-15-13/h3-10H,1-2H3,(H,15,16,18). The molecule has 92 valence electrons. The number of hydrogen-bond donors (Lipinski definition) is 1. The van der Waals surface area contributed by atoms with Gasteiger partial charge in [0.1, 0.15) is 5.82 Å². The van der Waals surface area contributed by atoms with Gasteiger partial charge in [0, 0.05) is 31.5 Å². The predicted octanol–water partition coefficient (Wildman–Crippen LogP) is 2.40. The summed E-state index contributed by atoms with van der Waals surface area (Å²) >= 11 is 0. The smallest absolute Gasteiger partial charge is 0.256 e. The molecule has 0 unspecified atom stereocenters. The van der Waals surface area contributed by atoms with Crippen molar-refractivity contribution < 1.29 is 4.79 Å². The van der Waals surface area contributed by atoms with Gasteiger partial charge in [0.15, 0.2) is 0 Å². The number of benzene rings is 1. The third-order valence-electron chi connectivity index (χ3n) is 2.53. The minimum atomic E-state index is -0.155. The van der Waals surface area contributed by atoms with Crippen molar-refractivity contribution >= 4 is 17.4 Å². The number of pyridine rings is 1. The molecule has 2 rings (SSSR count). The maximum atomic E-state index is 12.0. The molecule has 1 heterocycles. The lowest BCUT2D eigenvalue weighted by Crippen LogP contribution is -2.14. The van der Waals surface area contributed by atoms with Crippen molar-refractivity contribution in [2.24, 2.45) is 0 Å². The Morgan fingerprint density at radius 2 is 2.00 bits per heavy atom. The van der Waals surface area contributed by atoms with Crippen molar-refractivity contribution in [3.8, 4) is 0 Å². The Bertz CT molecular complexity index is 538. The fourth-order valence-electron chi connectivity index (χ4n) is 1.55. The van der Waals surface area contributed by atoms with E-state index < -0.39 is 0 Å². The number of rotatable bonds is 3. The zero-order valence-electron chi connectivity index (χ0n) is 10.4. The zero-order chi connectivity index (χ0) is 13.0. The monoisotopic (exact) mass is 241 g/mol. The lowest BCUT2D eigenvalue weighted by Gasteiger charge is -2.13. The Kier molecular flexibility index (Phi) is 3.57. The van der Waals surface area contributed by atoms with Crippen LogP contribution < -0.4 is 10.2 Å². The molecule has 0 aliphatic rings. The SMILES string of the molecule is CN(C)c1cccc(C(=O)Nc2ccccn2)c1. The summed E-state index contributed by atoms with van der Waals surface area (Å²) in [5.74, 6) is 0.398. The molecule has 0 aliphatic heterocycles. The number of amides is 1. The molecule has 4 heteroatoms. The molecule has 2 aromatic rings. The minimum absolute atomic E-state index is 0.155. The maximum absolute atomic E-state index is 12.0. The van der Waals surface area contributed by atoms with Crippen LogP contribution in [0.5, 0.6) is 0 Å². The van der Waals surface area contributed by atoms with Crippen LogP contribution in [0, 0.1) is 0 Å². The molecule has 0 saturated carbocycles. The highest BCUT2D eigenvalue weighted by Gasteiger charge is 2.07. The molecule has 1 aromatic carbocycles. The lowest BCUT2D eigenvalue weighted by molar-refractivity contribution is 0.102. The molecule has 1 N–H and O–H groups in total. The number of carbonyl (C=O) groups excluding carboxylic acids is 1. The lowest BCUT2D eigenvalue weighted by atomic mass is 10.2. The summed E-state index contributed by atoms with van der Waals surface area (Å²) in [5.41, 5.74) is 1.61. The van der Waals surface area contributed by atoms with Crippen molar-refractivity contribution in [3.05, 3.63) is 54.2 Å². The number of hydrogen-bond acceptors (Lipinski definition) is 3. The van der Waals surface area contributed by atoms with Crippen LogP contribution in [0.4, 0.5) is 11.5 Å². The van der Waals surface area contributed by atoms with Gasteiger partial charge in [-0.1, -0.05) is 12.1 Å². The van der Waals surface area contributed by atoms with Gasteiger partial charge in [0.05, 0.1) is 0 Å². The van der Waals surface area contributed by atoms with Crippen molar-refractivity contribution in [2.75, 3.05) is 24.3 Å². The first-order valence-electron chi connectivity index (χ1n) is 5.66. The van der Waals surface area contributed by atoms with Crippen LogP contribution in [-0.4, -0.2) is 25.0 Å². The number of nitrogens with one attached hydrogen (secondary N) is 1. The van der Waals surface area contributed by atoms with Crippen LogP contribution in [-0.2, 0) is 0 Å². The van der Waals surface area contributed by atoms with E-state index in [-0.39, 0.29) is 5.91 Å². The van der Waals surface area contributed by atoms with Gasteiger partial charge < -0.3 is 10.2 Å². The Hall–Kier alpha value is -2.36. The molecule has 1 aromatic heterocycles. The number of anilines is 2. The van der Waals surface area contributed by atoms with Gasteiger partial charge >= 0.3 is 0 Å². The summed E-state index contributed by atoms with van der Waals surface area (Å²) < 4.78 is 0. The fraction of sp³-hybridized carbons (Fsp3) is 0.143. The Morgan fingerprint density at radius 3 is 2.67 bits per heavy atom. The first-order chi connectivity index (χ1) is 8.66. The van der Waals surface area contributed by atoms with Crippen molar-refractivity contribution in [1.29, 1.82) is 0 Å². The normalized spacial score (nSPS) is 9.89. The van der Waals surface area contributed by atoms with E-state index in [1.807, 2.05) is 49.3 Å². The van der Waals surface area contributed by atoms with Gasteiger partial charge in [0.2, 0.25) is 0 Å². The first kappa shape index (κ1) is 12.1. The summed E-state index contributed by atoms with van der Waals surface area (Å²) in [6.07, 6.45) is 1.64. The third-order valence-corrected chi connectivity index (χ3v) is 2.53. The van der Waals surface area contributed by atoms with E-state index in [4.69, 9.17) is 0 Å². The van der Waals surface area contributed by atoms with Crippen molar-refractivity contribution in [1.82, 2.24) is 4.98 Å². The van der Waals surface area contributed by atoms with E-state index in [1.165, 1.54) is 0 Å². The van der Waals surface area contributed by atoms with E-state index in [0.29, 0.717) is 11.4 Å². The Balaban J connectivity index is 2.16. The summed E-state index contributed by atoms with van der Waals surface area (Å²) in [4.78, 5) is 18.0. The van der Waals surface area contributed by atoms with Crippen LogP contribution in [0.2, 0.25) is 0 Å². The topological polar surface area (TPSA) is 45.2 Å². The van der Waals surface area contributed by atoms with Gasteiger partial charge in [0.25, 0.3) is 5.91 Å². The fourth-order valence-corrected chi connectivity index (χ4v) is 1.55. The van der Waals surface area contributed by atoms with E-state index in [1.54, 1.807) is 18.3 Å². The summed E-state index contributed by atoms with van der Waals surface area (Å²) in [6.45, 7) is 0. The first-order valence-corrected chi connectivity index (χ1v) is 5.66. The largest absolute Gasteiger partial charge is 0.378 e. The molecule has 0 bridgehead atoms. The average Bonchev–Trinajstić information content (AvgIpc) is 2.40. The average molecular weight is 241 g/mol. The summed E-state index contributed by atoms with van der Waals surface area (Å²) in [5, 5.41) is 2.76. The molecule has 0 radical (unpaired) electrons. The van der Waals surface area contributed by atoms with Crippen LogP contribution in [0.3, 0.4) is 0 Å². The van der Waals surface area contributed by atoms with E-state index in [2.05, 4.69) is 10.3 Å². The third kappa shape index (κ3) is 2.85. The molecule has 18 heavy (non-hydrogen) atoms. The van der Waals surface area contributed by atoms with E-state index in [9.17, 15) is 4.79 Å². The molecule has 1 amide bonds. The minimum Gasteiger partial charge on any atom is -0.378 e. The van der Waals surface area contributed by atoms with Crippen molar-refractivity contribution in [2.45, 2.75) is 0 Å². The zero-order valence-corrected chi connectivity index (χ0v) is 10.4. The van der Waals surface area contributed by atoms with Crippen molar-refractivity contribution in [3.63, 3.8) is 0 Å². The number of aromatic nitrogens is 1. The van der Waals surface area contributed by atoms with Crippen LogP contribution in [0.15, 0.2) is 48.7 Å². The van der Waals surface area contributed by atoms with Crippen LogP contribution >= 0.6 is 0 Å². The maximum Gasteiger partial charge on any atom is 0.256 e. The quantitative estimate of drug-likeness (QED) is 0.897. The van der Waals surface area contributed by atoms with Gasteiger partial charge in [-0.25, -0.2) is 4.98 Å². The molecule has 0 saturated heterocycles. The molecule has 0 atom stereocenters. The van der Waals surface area contributed by atoms with E-state index >= 15 is 0 Å². The number of carbonyl (C=O) groups is 1. The molecule has 0 spiro atoms. The van der Waals surface area contributed by atoms with Gasteiger partial charge in [-0.2, -0.15) is 0 Å². The van der Waals surface area contributed by atoms with Crippen LogP contribution in [0.25, 0.3) is 0 Å². The molecule has 4 nitrogen and oxygen atoms in total. The molecule has 0 fully saturated rings. The van der Waals surface area contributed by atoms with Gasteiger partial charge in [-0.3, -0.25) is 4.79 Å². The highest BCUT2D eigenvalue weighted by Crippen LogP contribution is 2.14. The molecule has 0 aliphatic carbocycles. The van der Waals surface area contributed by atoms with Gasteiger partial charge in [-0.15, -0.1) is 0 Å². The number of nitrogens with zero attached hydrogens (tertiary/aromatic N) is 2. The van der Waals surface area contributed by atoms with E-state index in [0.717, 1.165) is 5.69 Å². The summed E-state index contributed by atoms with van der Waals surface area (Å²) in [6, 6.07) is 12.8. The highest BCUT2D eigenvalue weighted by molar-refractivity contribution is 6.04. The molecular weight excluding hydrogens is 226 g/mol. The van der Waals surface area contributed by atoms with Gasteiger partial charge in [-0.05, 0) is 30.3 Å². The Labute approximate surface area is 106 Å². The summed E-state index contributed by atoms with van der Waals surface area (Å²) in [7, 11) is 3.88. The Morgan fingerprint density at radius 1 is 1.17 bits per heavy atom.